The quantitative estimate of drug-likeness (QED) is 0.664. The number of amides is 1. The van der Waals surface area contributed by atoms with E-state index in [4.69, 9.17) is 14.2 Å². The Hall–Kier alpha value is -3.22. The topological polar surface area (TPSA) is 89.4 Å². The Labute approximate surface area is 138 Å². The Bertz CT molecular complexity index is 817. The van der Waals surface area contributed by atoms with Gasteiger partial charge in [-0.25, -0.2) is 5.43 Å². The van der Waals surface area contributed by atoms with Crippen molar-refractivity contribution in [3.8, 4) is 23.0 Å². The van der Waals surface area contributed by atoms with Crippen LogP contribution in [-0.2, 0) is 0 Å². The highest BCUT2D eigenvalue weighted by Crippen LogP contribution is 2.32. The van der Waals surface area contributed by atoms with Gasteiger partial charge in [-0.2, -0.15) is 5.10 Å². The first-order valence-electron chi connectivity index (χ1n) is 7.20. The van der Waals surface area contributed by atoms with E-state index >= 15 is 0 Å². The molecule has 0 atom stereocenters. The molecule has 7 nitrogen and oxygen atoms in total. The van der Waals surface area contributed by atoms with Gasteiger partial charge in [0.05, 0.1) is 12.8 Å². The highest BCUT2D eigenvalue weighted by Gasteiger charge is 2.16. The maximum Gasteiger partial charge on any atom is 0.271 e. The second-order valence-corrected chi connectivity index (χ2v) is 5.09. The lowest BCUT2D eigenvalue weighted by Crippen LogP contribution is -2.19. The summed E-state index contributed by atoms with van der Waals surface area (Å²) in [5.41, 5.74) is 3.77. The van der Waals surface area contributed by atoms with Crippen molar-refractivity contribution in [1.82, 2.24) is 5.43 Å². The minimum absolute atomic E-state index is 0.0504. The van der Waals surface area contributed by atoms with E-state index in [2.05, 4.69) is 10.5 Å². The molecule has 0 saturated carbocycles. The van der Waals surface area contributed by atoms with E-state index in [0.29, 0.717) is 34.1 Å². The fourth-order valence-corrected chi connectivity index (χ4v) is 2.23. The standard InChI is InChI=1S/C17H16N2O5/c1-10(13-8-12(22-2)4-5-14(13)20)18-19-17(21)11-3-6-15-16(7-11)24-9-23-15/h3-8,20H,9H2,1-2H3,(H,19,21)/b18-10+. The molecule has 0 spiro atoms. The van der Waals surface area contributed by atoms with Crippen LogP contribution in [0.25, 0.3) is 0 Å². The number of aromatic hydroxyl groups is 1. The lowest BCUT2D eigenvalue weighted by Gasteiger charge is -2.07. The smallest absolute Gasteiger partial charge is 0.271 e. The van der Waals surface area contributed by atoms with Crippen molar-refractivity contribution in [2.75, 3.05) is 13.9 Å². The molecule has 2 aromatic rings. The number of carbonyl (C=O) groups is 1. The van der Waals surface area contributed by atoms with Crippen LogP contribution in [0.5, 0.6) is 23.0 Å². The van der Waals surface area contributed by atoms with Gasteiger partial charge in [-0.3, -0.25) is 4.79 Å². The van der Waals surface area contributed by atoms with E-state index in [0.717, 1.165) is 0 Å². The molecule has 1 aliphatic rings. The van der Waals surface area contributed by atoms with Crippen LogP contribution in [-0.4, -0.2) is 30.6 Å². The average molecular weight is 328 g/mol. The van der Waals surface area contributed by atoms with Crippen LogP contribution in [0.15, 0.2) is 41.5 Å². The largest absolute Gasteiger partial charge is 0.507 e. The summed E-state index contributed by atoms with van der Waals surface area (Å²) in [6.07, 6.45) is 0. The average Bonchev–Trinajstić information content (AvgIpc) is 3.07. The van der Waals surface area contributed by atoms with E-state index in [-0.39, 0.29) is 12.5 Å². The van der Waals surface area contributed by atoms with Gasteiger partial charge in [-0.05, 0) is 43.3 Å². The van der Waals surface area contributed by atoms with Crippen molar-refractivity contribution in [1.29, 1.82) is 0 Å². The number of hydrogen-bond donors (Lipinski definition) is 2. The molecule has 2 N–H and O–H groups in total. The fourth-order valence-electron chi connectivity index (χ4n) is 2.23. The van der Waals surface area contributed by atoms with Crippen LogP contribution in [0.3, 0.4) is 0 Å². The van der Waals surface area contributed by atoms with Gasteiger partial charge < -0.3 is 19.3 Å². The van der Waals surface area contributed by atoms with E-state index < -0.39 is 5.91 Å². The van der Waals surface area contributed by atoms with Gasteiger partial charge in [0.1, 0.15) is 11.5 Å². The molecule has 1 amide bonds. The van der Waals surface area contributed by atoms with Gasteiger partial charge in [0, 0.05) is 11.1 Å². The van der Waals surface area contributed by atoms with Crippen LogP contribution >= 0.6 is 0 Å². The number of fused-ring (bicyclic) bond motifs is 1. The molecule has 1 heterocycles. The molecule has 24 heavy (non-hydrogen) atoms. The number of phenolic OH excluding ortho intramolecular Hbond substituents is 1. The third kappa shape index (κ3) is 3.10. The Morgan fingerprint density at radius 3 is 2.79 bits per heavy atom. The number of benzene rings is 2. The fraction of sp³-hybridized carbons (Fsp3) is 0.176. The third-order valence-electron chi connectivity index (χ3n) is 3.55. The number of hydrazone groups is 1. The monoisotopic (exact) mass is 328 g/mol. The first kappa shape index (κ1) is 15.7. The summed E-state index contributed by atoms with van der Waals surface area (Å²) >= 11 is 0. The molecule has 0 aromatic heterocycles. The first-order valence-corrected chi connectivity index (χ1v) is 7.20. The van der Waals surface area contributed by atoms with E-state index in [1.807, 2.05) is 0 Å². The van der Waals surface area contributed by atoms with Crippen LogP contribution in [0, 0.1) is 0 Å². The summed E-state index contributed by atoms with van der Waals surface area (Å²) in [6, 6.07) is 9.66. The van der Waals surface area contributed by atoms with Crippen molar-refractivity contribution in [2.45, 2.75) is 6.92 Å². The molecule has 2 aromatic carbocycles. The zero-order valence-corrected chi connectivity index (χ0v) is 13.2. The van der Waals surface area contributed by atoms with Crippen LogP contribution in [0.1, 0.15) is 22.8 Å². The molecule has 0 radical (unpaired) electrons. The maximum atomic E-state index is 12.2. The summed E-state index contributed by atoms with van der Waals surface area (Å²) in [5, 5.41) is 13.9. The van der Waals surface area contributed by atoms with Gasteiger partial charge >= 0.3 is 0 Å². The summed E-state index contributed by atoms with van der Waals surface area (Å²) in [7, 11) is 1.53. The maximum absolute atomic E-state index is 12.2. The highest BCUT2D eigenvalue weighted by atomic mass is 16.7. The van der Waals surface area contributed by atoms with Crippen molar-refractivity contribution in [2.24, 2.45) is 5.10 Å². The number of rotatable bonds is 4. The number of nitrogens with zero attached hydrogens (tertiary/aromatic N) is 1. The number of ether oxygens (including phenoxy) is 3. The Morgan fingerprint density at radius 1 is 1.21 bits per heavy atom. The summed E-state index contributed by atoms with van der Waals surface area (Å²) in [5.74, 6) is 1.37. The second-order valence-electron chi connectivity index (χ2n) is 5.09. The molecule has 0 aliphatic carbocycles. The lowest BCUT2D eigenvalue weighted by atomic mass is 10.1. The normalized spacial score (nSPS) is 12.8. The predicted octanol–water partition coefficient (Wildman–Crippen LogP) is 2.28. The van der Waals surface area contributed by atoms with Crippen molar-refractivity contribution in [3.63, 3.8) is 0 Å². The molecule has 0 fully saturated rings. The van der Waals surface area contributed by atoms with E-state index in [1.165, 1.54) is 13.2 Å². The number of methoxy groups -OCH3 is 1. The number of hydrogen-bond acceptors (Lipinski definition) is 6. The van der Waals surface area contributed by atoms with E-state index in [9.17, 15) is 9.90 Å². The van der Waals surface area contributed by atoms with Crippen molar-refractivity contribution >= 4 is 11.6 Å². The van der Waals surface area contributed by atoms with Crippen molar-refractivity contribution < 1.29 is 24.1 Å². The summed E-state index contributed by atoms with van der Waals surface area (Å²) < 4.78 is 15.6. The molecule has 0 saturated heterocycles. The number of carbonyl (C=O) groups excluding carboxylic acids is 1. The second kappa shape index (κ2) is 6.49. The molecular weight excluding hydrogens is 312 g/mol. The SMILES string of the molecule is COc1ccc(O)c(/C(C)=N/NC(=O)c2ccc3c(c2)OCO3)c1. The first-order chi connectivity index (χ1) is 11.6. The molecule has 0 unspecified atom stereocenters. The van der Waals surface area contributed by atoms with Gasteiger partial charge in [-0.15, -0.1) is 0 Å². The highest BCUT2D eigenvalue weighted by molar-refractivity contribution is 6.03. The zero-order chi connectivity index (χ0) is 17.1. The Morgan fingerprint density at radius 2 is 2.00 bits per heavy atom. The Kier molecular flexibility index (Phi) is 4.24. The van der Waals surface area contributed by atoms with Crippen LogP contribution in [0.4, 0.5) is 0 Å². The van der Waals surface area contributed by atoms with Gasteiger partial charge in [0.2, 0.25) is 6.79 Å². The molecular formula is C17H16N2O5. The predicted molar refractivity (Wildman–Crippen MR) is 86.9 cm³/mol. The molecule has 1 aliphatic heterocycles. The number of nitrogens with one attached hydrogen (secondary N) is 1. The molecule has 3 rings (SSSR count). The minimum Gasteiger partial charge on any atom is -0.507 e. The third-order valence-corrected chi connectivity index (χ3v) is 3.55. The van der Waals surface area contributed by atoms with Gasteiger partial charge in [0.15, 0.2) is 11.5 Å². The molecule has 0 bridgehead atoms. The van der Waals surface area contributed by atoms with Gasteiger partial charge in [-0.1, -0.05) is 0 Å². The Balaban J connectivity index is 1.76. The number of phenols is 1. The zero-order valence-electron chi connectivity index (χ0n) is 13.2. The molecule has 7 heteroatoms. The van der Waals surface area contributed by atoms with Crippen molar-refractivity contribution in [3.05, 3.63) is 47.5 Å². The van der Waals surface area contributed by atoms with Crippen LogP contribution < -0.4 is 19.6 Å². The summed E-state index contributed by atoms with van der Waals surface area (Å²) in [4.78, 5) is 12.2. The van der Waals surface area contributed by atoms with E-state index in [1.54, 1.807) is 37.3 Å². The summed E-state index contributed by atoms with van der Waals surface area (Å²) in [6.45, 7) is 1.82. The molecule has 124 valence electrons. The van der Waals surface area contributed by atoms with Crippen LogP contribution in [0.2, 0.25) is 0 Å². The minimum atomic E-state index is -0.393. The van der Waals surface area contributed by atoms with Gasteiger partial charge in [0.25, 0.3) is 5.91 Å². The lowest BCUT2D eigenvalue weighted by molar-refractivity contribution is 0.0954.